The predicted molar refractivity (Wildman–Crippen MR) is 73.2 cm³/mol. The number of hydrogen-bond donors (Lipinski definition) is 0. The van der Waals surface area contributed by atoms with Gasteiger partial charge in [0.2, 0.25) is 0 Å². The molecule has 1 aliphatic heterocycles. The summed E-state index contributed by atoms with van der Waals surface area (Å²) in [5.74, 6) is -0.910. The van der Waals surface area contributed by atoms with E-state index in [1.54, 1.807) is 0 Å². The summed E-state index contributed by atoms with van der Waals surface area (Å²) >= 11 is 0. The minimum absolute atomic E-state index is 0.123. The number of carbonyl (C=O) groups is 2. The highest BCUT2D eigenvalue weighted by Crippen LogP contribution is 2.25. The van der Waals surface area contributed by atoms with Crippen LogP contribution in [0.1, 0.15) is 12.0 Å². The van der Waals surface area contributed by atoms with Gasteiger partial charge in [-0.05, 0) is 12.0 Å². The van der Waals surface area contributed by atoms with Crippen molar-refractivity contribution in [2.45, 2.75) is 19.1 Å². The molecule has 1 fully saturated rings. The Labute approximate surface area is 122 Å². The molecule has 6 heteroatoms. The normalized spacial score (nSPS) is 21.1. The first-order chi connectivity index (χ1) is 10.2. The van der Waals surface area contributed by atoms with Gasteiger partial charge in [0.1, 0.15) is 13.3 Å². The number of rotatable bonds is 4. The molecule has 21 heavy (non-hydrogen) atoms. The van der Waals surface area contributed by atoms with Crippen molar-refractivity contribution in [2.24, 2.45) is 5.92 Å². The Morgan fingerprint density at radius 3 is 2.67 bits per heavy atom. The lowest BCUT2D eigenvalue weighted by Crippen LogP contribution is -2.37. The van der Waals surface area contributed by atoms with Gasteiger partial charge in [0.15, 0.2) is 0 Å². The molecule has 2 atom stereocenters. The Kier molecular flexibility index (Phi) is 5.14. The predicted octanol–water partition coefficient (Wildman–Crippen LogP) is 2.16. The minimum atomic E-state index is -0.700. The van der Waals surface area contributed by atoms with Crippen molar-refractivity contribution >= 4 is 12.1 Å². The van der Waals surface area contributed by atoms with Crippen LogP contribution >= 0.6 is 0 Å². The topological polar surface area (TPSA) is 55.8 Å². The van der Waals surface area contributed by atoms with Crippen molar-refractivity contribution in [3.63, 3.8) is 0 Å². The van der Waals surface area contributed by atoms with Gasteiger partial charge in [-0.15, -0.1) is 0 Å². The van der Waals surface area contributed by atoms with E-state index in [4.69, 9.17) is 4.74 Å². The maximum Gasteiger partial charge on any atom is 0.410 e. The summed E-state index contributed by atoms with van der Waals surface area (Å²) in [6, 6.07) is 8.60. The monoisotopic (exact) mass is 295 g/mol. The molecular weight excluding hydrogens is 277 g/mol. The number of ether oxygens (including phenoxy) is 2. The highest BCUT2D eigenvalue weighted by molar-refractivity contribution is 5.76. The van der Waals surface area contributed by atoms with E-state index < -0.39 is 30.7 Å². The molecule has 1 amide bonds. The second kappa shape index (κ2) is 7.06. The van der Waals surface area contributed by atoms with Crippen molar-refractivity contribution in [1.82, 2.24) is 4.90 Å². The van der Waals surface area contributed by atoms with Crippen molar-refractivity contribution < 1.29 is 23.5 Å². The number of benzene rings is 1. The molecule has 114 valence electrons. The van der Waals surface area contributed by atoms with Crippen LogP contribution in [0, 0.1) is 5.92 Å². The zero-order chi connectivity index (χ0) is 15.2. The van der Waals surface area contributed by atoms with Gasteiger partial charge in [0, 0.05) is 6.54 Å². The molecule has 1 heterocycles. The summed E-state index contributed by atoms with van der Waals surface area (Å²) in [6.07, 6.45) is -0.336. The number of halogens is 1. The number of carbonyl (C=O) groups excluding carboxylic acids is 2. The largest absolute Gasteiger partial charge is 0.469 e. The summed E-state index contributed by atoms with van der Waals surface area (Å²) in [4.78, 5) is 24.8. The van der Waals surface area contributed by atoms with Gasteiger partial charge in [-0.25, -0.2) is 9.18 Å². The molecule has 1 aromatic carbocycles. The number of nitrogens with zero attached hydrogens (tertiary/aromatic N) is 1. The molecule has 1 saturated heterocycles. The van der Waals surface area contributed by atoms with E-state index in [2.05, 4.69) is 4.74 Å². The fraction of sp³-hybridized carbons (Fsp3) is 0.467. The van der Waals surface area contributed by atoms with Crippen LogP contribution in [0.4, 0.5) is 9.18 Å². The van der Waals surface area contributed by atoms with Gasteiger partial charge in [0.05, 0.1) is 19.1 Å². The summed E-state index contributed by atoms with van der Waals surface area (Å²) in [5.41, 5.74) is 0.853. The van der Waals surface area contributed by atoms with Crippen LogP contribution in [0.3, 0.4) is 0 Å². The molecule has 1 aliphatic rings. The number of esters is 1. The Morgan fingerprint density at radius 1 is 1.33 bits per heavy atom. The van der Waals surface area contributed by atoms with E-state index in [0.29, 0.717) is 0 Å². The lowest BCUT2D eigenvalue weighted by atomic mass is 10.1. The molecule has 2 rings (SSSR count). The maximum absolute atomic E-state index is 13.0. The summed E-state index contributed by atoms with van der Waals surface area (Å²) < 4.78 is 22.8. The van der Waals surface area contributed by atoms with Crippen molar-refractivity contribution in [2.75, 3.05) is 20.3 Å². The molecule has 0 bridgehead atoms. The first-order valence-electron chi connectivity index (χ1n) is 6.76. The van der Waals surface area contributed by atoms with Crippen molar-refractivity contribution in [3.05, 3.63) is 35.9 Å². The van der Waals surface area contributed by atoms with Crippen LogP contribution in [0.2, 0.25) is 0 Å². The average Bonchev–Trinajstić information content (AvgIpc) is 2.97. The van der Waals surface area contributed by atoms with E-state index in [0.717, 1.165) is 5.56 Å². The van der Waals surface area contributed by atoms with Crippen LogP contribution < -0.4 is 0 Å². The Bertz CT molecular complexity index is 494. The molecule has 0 radical (unpaired) electrons. The van der Waals surface area contributed by atoms with E-state index in [1.807, 2.05) is 30.3 Å². The smallest absolute Gasteiger partial charge is 0.410 e. The summed E-state index contributed by atoms with van der Waals surface area (Å²) in [5, 5.41) is 0. The Hall–Kier alpha value is -2.11. The van der Waals surface area contributed by atoms with Crippen LogP contribution in [-0.2, 0) is 20.9 Å². The second-order valence-corrected chi connectivity index (χ2v) is 4.96. The number of hydrogen-bond acceptors (Lipinski definition) is 4. The molecule has 0 saturated carbocycles. The van der Waals surface area contributed by atoms with E-state index in [-0.39, 0.29) is 19.6 Å². The Balaban J connectivity index is 1.93. The third-order valence-electron chi connectivity index (χ3n) is 3.57. The molecule has 0 N–H and O–H groups in total. The fourth-order valence-corrected chi connectivity index (χ4v) is 2.43. The summed E-state index contributed by atoms with van der Waals surface area (Å²) in [6.45, 7) is -0.444. The number of alkyl halides is 1. The van der Waals surface area contributed by atoms with Crippen LogP contribution in [0.25, 0.3) is 0 Å². The molecule has 0 aliphatic carbocycles. The average molecular weight is 295 g/mol. The zero-order valence-electron chi connectivity index (χ0n) is 11.8. The van der Waals surface area contributed by atoms with E-state index >= 15 is 0 Å². The Morgan fingerprint density at radius 2 is 2.05 bits per heavy atom. The van der Waals surface area contributed by atoms with Crippen molar-refractivity contribution in [1.29, 1.82) is 0 Å². The standard InChI is InChI=1S/C15H18FNO4/c1-20-14(18)12-7-13(8-16)17(9-12)15(19)21-10-11-5-3-2-4-6-11/h2-6,12-13H,7-10H2,1H3/t12-,13-/m0/s1. The molecular formula is C15H18FNO4. The highest BCUT2D eigenvalue weighted by atomic mass is 19.1. The van der Waals surface area contributed by atoms with Gasteiger partial charge in [-0.2, -0.15) is 0 Å². The second-order valence-electron chi connectivity index (χ2n) is 4.96. The number of likely N-dealkylation sites (tertiary alicyclic amines) is 1. The van der Waals surface area contributed by atoms with E-state index in [1.165, 1.54) is 12.0 Å². The quantitative estimate of drug-likeness (QED) is 0.799. The van der Waals surface area contributed by atoms with Crippen LogP contribution in [0.15, 0.2) is 30.3 Å². The van der Waals surface area contributed by atoms with Gasteiger partial charge < -0.3 is 14.4 Å². The molecule has 0 aromatic heterocycles. The van der Waals surface area contributed by atoms with Gasteiger partial charge >= 0.3 is 12.1 Å². The molecule has 0 spiro atoms. The molecule has 0 unspecified atom stereocenters. The van der Waals surface area contributed by atoms with Crippen molar-refractivity contribution in [3.8, 4) is 0 Å². The lowest BCUT2D eigenvalue weighted by molar-refractivity contribution is -0.144. The summed E-state index contributed by atoms with van der Waals surface area (Å²) in [7, 11) is 1.28. The van der Waals surface area contributed by atoms with Gasteiger partial charge in [0.25, 0.3) is 0 Å². The molecule has 5 nitrogen and oxygen atoms in total. The van der Waals surface area contributed by atoms with E-state index in [9.17, 15) is 14.0 Å². The zero-order valence-corrected chi connectivity index (χ0v) is 11.8. The highest BCUT2D eigenvalue weighted by Gasteiger charge is 2.40. The van der Waals surface area contributed by atoms with Gasteiger partial charge in [-0.1, -0.05) is 30.3 Å². The third-order valence-corrected chi connectivity index (χ3v) is 3.57. The number of methoxy groups -OCH3 is 1. The third kappa shape index (κ3) is 3.71. The first kappa shape index (κ1) is 15.3. The van der Waals surface area contributed by atoms with Crippen LogP contribution in [0.5, 0.6) is 0 Å². The van der Waals surface area contributed by atoms with Crippen LogP contribution in [-0.4, -0.2) is 43.3 Å². The lowest BCUT2D eigenvalue weighted by Gasteiger charge is -2.21. The molecule has 1 aromatic rings. The fourth-order valence-electron chi connectivity index (χ4n) is 2.43. The van der Waals surface area contributed by atoms with Gasteiger partial charge in [-0.3, -0.25) is 4.79 Å². The first-order valence-corrected chi connectivity index (χ1v) is 6.76. The maximum atomic E-state index is 13.0. The number of amides is 1. The SMILES string of the molecule is COC(=O)[C@H]1C[C@@H](CF)N(C(=O)OCc2ccccc2)C1. The minimum Gasteiger partial charge on any atom is -0.469 e.